The topological polar surface area (TPSA) is 62.7 Å². The lowest BCUT2D eigenvalue weighted by Gasteiger charge is -2.32. The van der Waals surface area contributed by atoms with Crippen LogP contribution in [0.2, 0.25) is 0 Å². The second kappa shape index (κ2) is 5.06. The molecule has 1 aliphatic rings. The minimum absolute atomic E-state index is 0.111. The highest BCUT2D eigenvalue weighted by Gasteiger charge is 2.34. The van der Waals surface area contributed by atoms with E-state index in [-0.39, 0.29) is 17.3 Å². The molecule has 0 saturated carbocycles. The fourth-order valence-electron chi connectivity index (χ4n) is 3.30. The molecule has 2 aromatic heterocycles. The van der Waals surface area contributed by atoms with Crippen LogP contribution in [0.1, 0.15) is 29.9 Å². The number of nitrogens with zero attached hydrogens (tertiary/aromatic N) is 2. The van der Waals surface area contributed by atoms with Gasteiger partial charge in [0.15, 0.2) is 0 Å². The van der Waals surface area contributed by atoms with E-state index in [4.69, 9.17) is 0 Å². The summed E-state index contributed by atoms with van der Waals surface area (Å²) in [6.45, 7) is 4.27. The first-order valence-electron chi connectivity index (χ1n) is 7.77. The average Bonchev–Trinajstić information content (AvgIpc) is 3.13. The number of carbonyl (C=O) groups excluding carboxylic acids is 1. The molecule has 2 N–H and O–H groups in total. The zero-order valence-electron chi connectivity index (χ0n) is 13.4. The molecule has 0 atom stereocenters. The van der Waals surface area contributed by atoms with Gasteiger partial charge < -0.3 is 14.9 Å². The zero-order chi connectivity index (χ0) is 16.9. The van der Waals surface area contributed by atoms with Crippen LogP contribution in [0.15, 0.2) is 42.9 Å². The lowest BCUT2D eigenvalue weighted by atomic mass is 9.90. The molecule has 6 heteroatoms. The van der Waals surface area contributed by atoms with Crippen LogP contribution in [0, 0.1) is 5.82 Å². The molecule has 0 fully saturated rings. The van der Waals surface area contributed by atoms with Gasteiger partial charge in [-0.15, -0.1) is 0 Å². The molecule has 4 rings (SSSR count). The van der Waals surface area contributed by atoms with E-state index in [9.17, 15) is 9.18 Å². The molecule has 3 aromatic rings. The summed E-state index contributed by atoms with van der Waals surface area (Å²) in [6, 6.07) is 5.85. The molecule has 3 heterocycles. The van der Waals surface area contributed by atoms with Crippen LogP contribution in [-0.4, -0.2) is 20.4 Å². The summed E-state index contributed by atoms with van der Waals surface area (Å²) in [4.78, 5) is 20.3. The smallest absolute Gasteiger partial charge is 0.257 e. The number of anilines is 1. The molecular weight excluding hydrogens is 307 g/mol. The molecule has 1 aliphatic heterocycles. The van der Waals surface area contributed by atoms with Crippen molar-refractivity contribution in [1.29, 1.82) is 0 Å². The summed E-state index contributed by atoms with van der Waals surface area (Å²) in [6.07, 6.45) is 6.14. The number of aromatic amines is 1. The normalized spacial score (nSPS) is 14.8. The fourth-order valence-corrected chi connectivity index (χ4v) is 3.30. The van der Waals surface area contributed by atoms with Gasteiger partial charge >= 0.3 is 0 Å². The Hall–Kier alpha value is -2.89. The minimum atomic E-state index is -0.388. The third-order valence-corrected chi connectivity index (χ3v) is 4.41. The van der Waals surface area contributed by atoms with E-state index in [0.717, 1.165) is 23.5 Å². The number of hydrogen-bond donors (Lipinski definition) is 2. The number of imidazole rings is 1. The summed E-state index contributed by atoms with van der Waals surface area (Å²) < 4.78 is 15.4. The highest BCUT2D eigenvalue weighted by Crippen LogP contribution is 2.38. The largest absolute Gasteiger partial charge is 0.364 e. The van der Waals surface area contributed by atoms with E-state index < -0.39 is 0 Å². The number of H-pyrrole nitrogens is 1. The number of benzene rings is 1. The van der Waals surface area contributed by atoms with Crippen molar-refractivity contribution < 1.29 is 9.18 Å². The van der Waals surface area contributed by atoms with Crippen molar-refractivity contribution >= 4 is 11.6 Å². The fraction of sp³-hybridized carbons (Fsp3) is 0.222. The number of halogens is 1. The van der Waals surface area contributed by atoms with Gasteiger partial charge in [0.1, 0.15) is 11.6 Å². The van der Waals surface area contributed by atoms with E-state index in [1.807, 2.05) is 6.20 Å². The van der Waals surface area contributed by atoms with Gasteiger partial charge in [-0.25, -0.2) is 9.37 Å². The molecule has 24 heavy (non-hydrogen) atoms. The Labute approximate surface area is 138 Å². The van der Waals surface area contributed by atoms with Gasteiger partial charge in [-0.05, 0) is 32.0 Å². The second-order valence-corrected chi connectivity index (χ2v) is 6.63. The summed E-state index contributed by atoms with van der Waals surface area (Å²) >= 11 is 0. The number of carbonyl (C=O) groups is 1. The molecule has 122 valence electrons. The van der Waals surface area contributed by atoms with Crippen LogP contribution in [0.5, 0.6) is 0 Å². The number of nitrogens with one attached hydrogen (secondary N) is 2. The Kier molecular flexibility index (Phi) is 3.09. The summed E-state index contributed by atoms with van der Waals surface area (Å²) in [5.74, 6) is 0.0976. The van der Waals surface area contributed by atoms with Crippen molar-refractivity contribution in [3.05, 3.63) is 59.9 Å². The van der Waals surface area contributed by atoms with Gasteiger partial charge in [-0.2, -0.15) is 0 Å². The monoisotopic (exact) mass is 324 g/mol. The van der Waals surface area contributed by atoms with Crippen LogP contribution < -0.4 is 5.32 Å². The highest BCUT2D eigenvalue weighted by atomic mass is 19.1. The molecule has 0 bridgehead atoms. The van der Waals surface area contributed by atoms with Gasteiger partial charge in [0.25, 0.3) is 5.91 Å². The second-order valence-electron chi connectivity index (χ2n) is 6.63. The Morgan fingerprint density at radius 1 is 1.42 bits per heavy atom. The third kappa shape index (κ3) is 2.22. The first-order chi connectivity index (χ1) is 11.5. The summed E-state index contributed by atoms with van der Waals surface area (Å²) in [5, 5.41) is 2.74. The van der Waals surface area contributed by atoms with Gasteiger partial charge in [-0.1, -0.05) is 6.07 Å². The molecule has 0 radical (unpaired) electrons. The molecule has 5 nitrogen and oxygen atoms in total. The SMILES string of the molecule is CC1(C)Cc2[nH]cc(C(=O)Nc3cccc(F)c3)c2-c2nccn21. The van der Waals surface area contributed by atoms with E-state index in [2.05, 4.69) is 33.7 Å². The first kappa shape index (κ1) is 14.7. The van der Waals surface area contributed by atoms with Crippen LogP contribution in [0.25, 0.3) is 11.4 Å². The van der Waals surface area contributed by atoms with Gasteiger partial charge in [0.05, 0.1) is 11.1 Å². The van der Waals surface area contributed by atoms with Crippen LogP contribution in [0.3, 0.4) is 0 Å². The zero-order valence-corrected chi connectivity index (χ0v) is 13.4. The van der Waals surface area contributed by atoms with Crippen molar-refractivity contribution in [3.63, 3.8) is 0 Å². The first-order valence-corrected chi connectivity index (χ1v) is 7.77. The van der Waals surface area contributed by atoms with E-state index >= 15 is 0 Å². The van der Waals surface area contributed by atoms with Crippen LogP contribution in [0.4, 0.5) is 10.1 Å². The quantitative estimate of drug-likeness (QED) is 0.757. The Morgan fingerprint density at radius 2 is 2.25 bits per heavy atom. The Morgan fingerprint density at radius 3 is 3.04 bits per heavy atom. The maximum atomic E-state index is 13.3. The highest BCUT2D eigenvalue weighted by molar-refractivity contribution is 6.08. The lowest BCUT2D eigenvalue weighted by Crippen LogP contribution is -2.33. The van der Waals surface area contributed by atoms with Gasteiger partial charge in [0, 0.05) is 41.9 Å². The average molecular weight is 324 g/mol. The maximum absolute atomic E-state index is 13.3. The van der Waals surface area contributed by atoms with Crippen molar-refractivity contribution in [2.24, 2.45) is 0 Å². The molecular formula is C18H17FN4O. The lowest BCUT2D eigenvalue weighted by molar-refractivity contribution is 0.102. The summed E-state index contributed by atoms with van der Waals surface area (Å²) in [7, 11) is 0. The molecule has 0 spiro atoms. The molecule has 0 unspecified atom stereocenters. The predicted molar refractivity (Wildman–Crippen MR) is 89.4 cm³/mol. The number of aromatic nitrogens is 3. The minimum Gasteiger partial charge on any atom is -0.364 e. The predicted octanol–water partition coefficient (Wildman–Crippen LogP) is 3.56. The van der Waals surface area contributed by atoms with Crippen molar-refractivity contribution in [3.8, 4) is 11.4 Å². The molecule has 0 saturated heterocycles. The van der Waals surface area contributed by atoms with E-state index in [1.165, 1.54) is 12.1 Å². The number of fused-ring (bicyclic) bond motifs is 3. The van der Waals surface area contributed by atoms with Crippen LogP contribution in [-0.2, 0) is 12.0 Å². The third-order valence-electron chi connectivity index (χ3n) is 4.41. The molecule has 1 amide bonds. The van der Waals surface area contributed by atoms with Gasteiger partial charge in [0.2, 0.25) is 0 Å². The van der Waals surface area contributed by atoms with E-state index in [1.54, 1.807) is 24.5 Å². The summed E-state index contributed by atoms with van der Waals surface area (Å²) in [5.41, 5.74) is 2.63. The Balaban J connectivity index is 1.73. The number of rotatable bonds is 2. The van der Waals surface area contributed by atoms with Crippen molar-refractivity contribution in [2.45, 2.75) is 25.8 Å². The van der Waals surface area contributed by atoms with E-state index in [0.29, 0.717) is 11.3 Å². The van der Waals surface area contributed by atoms with Crippen molar-refractivity contribution in [2.75, 3.05) is 5.32 Å². The number of hydrogen-bond acceptors (Lipinski definition) is 2. The number of amides is 1. The molecule has 1 aromatic carbocycles. The van der Waals surface area contributed by atoms with Crippen molar-refractivity contribution in [1.82, 2.24) is 14.5 Å². The standard InChI is InChI=1S/C18H17FN4O/c1-18(2)9-14-15(16-20-6-7-23(16)18)13(10-21-14)17(24)22-12-5-3-4-11(19)8-12/h3-8,10,21H,9H2,1-2H3,(H,22,24). The Bertz CT molecular complexity index is 938. The maximum Gasteiger partial charge on any atom is 0.257 e. The van der Waals surface area contributed by atoms with Gasteiger partial charge in [-0.3, -0.25) is 4.79 Å². The molecule has 0 aliphatic carbocycles. The van der Waals surface area contributed by atoms with Crippen LogP contribution >= 0.6 is 0 Å².